The number of nitrogens with zero attached hydrogens (tertiary/aromatic N) is 1. The molecular formula is C15H20N2O2. The Labute approximate surface area is 112 Å². The van der Waals surface area contributed by atoms with Gasteiger partial charge in [-0.2, -0.15) is 0 Å². The van der Waals surface area contributed by atoms with E-state index in [4.69, 9.17) is 10.3 Å². The second-order valence-electron chi connectivity index (χ2n) is 5.27. The number of para-hydroxylation sites is 1. The van der Waals surface area contributed by atoms with E-state index in [9.17, 15) is 4.79 Å². The molecule has 0 fully saturated rings. The van der Waals surface area contributed by atoms with Crippen LogP contribution in [-0.2, 0) is 13.0 Å². The number of nitrogen functional groups attached to an aromatic ring is 1. The van der Waals surface area contributed by atoms with E-state index in [0.717, 1.165) is 11.3 Å². The van der Waals surface area contributed by atoms with Gasteiger partial charge in [0.1, 0.15) is 0 Å². The number of anilines is 1. The van der Waals surface area contributed by atoms with E-state index >= 15 is 0 Å². The van der Waals surface area contributed by atoms with Gasteiger partial charge in [-0.25, -0.2) is 9.53 Å². The topological polar surface area (TPSA) is 61.2 Å². The Kier molecular flexibility index (Phi) is 3.79. The molecule has 1 aromatic heterocycles. The molecule has 0 saturated heterocycles. The third-order valence-electron chi connectivity index (χ3n) is 3.20. The van der Waals surface area contributed by atoms with Gasteiger partial charge >= 0.3 is 5.63 Å². The predicted molar refractivity (Wildman–Crippen MR) is 76.2 cm³/mol. The number of benzene rings is 1. The minimum Gasteiger partial charge on any atom is -0.398 e. The first kappa shape index (κ1) is 13.5. The highest BCUT2D eigenvalue weighted by Gasteiger charge is 2.15. The molecule has 0 unspecified atom stereocenters. The van der Waals surface area contributed by atoms with E-state index in [1.165, 1.54) is 0 Å². The lowest BCUT2D eigenvalue weighted by Crippen LogP contribution is -2.06. The van der Waals surface area contributed by atoms with Gasteiger partial charge < -0.3 is 10.3 Å². The quantitative estimate of drug-likeness (QED) is 0.859. The molecule has 2 aromatic rings. The van der Waals surface area contributed by atoms with E-state index in [0.29, 0.717) is 30.1 Å². The molecule has 1 heterocycles. The summed E-state index contributed by atoms with van der Waals surface area (Å²) in [6, 6.07) is 7.59. The molecule has 0 saturated carbocycles. The fourth-order valence-electron chi connectivity index (χ4n) is 2.11. The molecule has 102 valence electrons. The molecule has 2 N–H and O–H groups in total. The maximum absolute atomic E-state index is 11.9. The summed E-state index contributed by atoms with van der Waals surface area (Å²) in [5, 5.41) is 0. The van der Waals surface area contributed by atoms with Crippen molar-refractivity contribution in [1.29, 1.82) is 0 Å². The van der Waals surface area contributed by atoms with Crippen molar-refractivity contribution in [1.82, 2.24) is 4.74 Å². The molecule has 19 heavy (non-hydrogen) atoms. The van der Waals surface area contributed by atoms with Gasteiger partial charge in [0, 0.05) is 12.1 Å². The van der Waals surface area contributed by atoms with Crippen LogP contribution in [0.3, 0.4) is 0 Å². The van der Waals surface area contributed by atoms with Crippen LogP contribution in [0.5, 0.6) is 0 Å². The van der Waals surface area contributed by atoms with Gasteiger partial charge in [-0.15, -0.1) is 0 Å². The molecule has 2 rings (SSSR count). The first-order valence-corrected chi connectivity index (χ1v) is 6.52. The molecule has 0 bridgehead atoms. The van der Waals surface area contributed by atoms with Crippen LogP contribution in [0.25, 0.3) is 0 Å². The molecule has 0 atom stereocenters. The minimum atomic E-state index is -0.263. The molecule has 0 radical (unpaired) electrons. The van der Waals surface area contributed by atoms with Crippen LogP contribution in [0.4, 0.5) is 5.69 Å². The van der Waals surface area contributed by atoms with Gasteiger partial charge in [-0.05, 0) is 24.5 Å². The molecule has 4 nitrogen and oxygen atoms in total. The van der Waals surface area contributed by atoms with Crippen molar-refractivity contribution in [3.63, 3.8) is 0 Å². The SMILES string of the molecule is Cc1c(Cc2ccccc2N)c(=O)on1CC(C)C. The average Bonchev–Trinajstić information content (AvgIpc) is 2.59. The lowest BCUT2D eigenvalue weighted by atomic mass is 10.0. The van der Waals surface area contributed by atoms with Crippen molar-refractivity contribution in [2.45, 2.75) is 33.7 Å². The van der Waals surface area contributed by atoms with E-state index in [1.54, 1.807) is 4.74 Å². The summed E-state index contributed by atoms with van der Waals surface area (Å²) in [6.45, 7) is 6.82. The van der Waals surface area contributed by atoms with E-state index < -0.39 is 0 Å². The number of hydrogen-bond donors (Lipinski definition) is 1. The van der Waals surface area contributed by atoms with Crippen molar-refractivity contribution < 1.29 is 4.52 Å². The number of rotatable bonds is 4. The maximum Gasteiger partial charge on any atom is 0.361 e. The molecular weight excluding hydrogens is 240 g/mol. The standard InChI is InChI=1S/C15H20N2O2/c1-10(2)9-17-11(3)13(15(18)19-17)8-12-6-4-5-7-14(12)16/h4-7,10H,8-9,16H2,1-3H3. The molecule has 0 aliphatic carbocycles. The van der Waals surface area contributed by atoms with Gasteiger partial charge in [-0.3, -0.25) is 0 Å². The van der Waals surface area contributed by atoms with E-state index in [2.05, 4.69) is 13.8 Å². The van der Waals surface area contributed by atoms with Crippen LogP contribution in [0.1, 0.15) is 30.7 Å². The van der Waals surface area contributed by atoms with E-state index in [1.807, 2.05) is 31.2 Å². The van der Waals surface area contributed by atoms with Crippen LogP contribution in [-0.4, -0.2) is 4.74 Å². The highest BCUT2D eigenvalue weighted by molar-refractivity contribution is 5.48. The third kappa shape index (κ3) is 2.89. The van der Waals surface area contributed by atoms with Crippen molar-refractivity contribution >= 4 is 5.69 Å². The zero-order valence-corrected chi connectivity index (χ0v) is 11.6. The average molecular weight is 260 g/mol. The first-order valence-electron chi connectivity index (χ1n) is 6.52. The lowest BCUT2D eigenvalue weighted by Gasteiger charge is -2.07. The van der Waals surface area contributed by atoms with Gasteiger partial charge in [0.05, 0.1) is 17.8 Å². The van der Waals surface area contributed by atoms with Crippen molar-refractivity contribution in [3.8, 4) is 0 Å². The van der Waals surface area contributed by atoms with Gasteiger partial charge in [-0.1, -0.05) is 32.0 Å². The van der Waals surface area contributed by atoms with Crippen LogP contribution in [0.15, 0.2) is 33.6 Å². The van der Waals surface area contributed by atoms with Crippen LogP contribution in [0.2, 0.25) is 0 Å². The Morgan fingerprint density at radius 3 is 2.63 bits per heavy atom. The fraction of sp³-hybridized carbons (Fsp3) is 0.400. The monoisotopic (exact) mass is 260 g/mol. The Balaban J connectivity index is 2.34. The Morgan fingerprint density at radius 1 is 1.32 bits per heavy atom. The minimum absolute atomic E-state index is 0.263. The van der Waals surface area contributed by atoms with E-state index in [-0.39, 0.29) is 5.63 Å². The lowest BCUT2D eigenvalue weighted by molar-refractivity contribution is 0.222. The smallest absolute Gasteiger partial charge is 0.361 e. The molecule has 4 heteroatoms. The molecule has 0 amide bonds. The number of hydrogen-bond acceptors (Lipinski definition) is 3. The molecule has 1 aromatic carbocycles. The van der Waals surface area contributed by atoms with Crippen LogP contribution < -0.4 is 11.4 Å². The summed E-state index contributed by atoms with van der Waals surface area (Å²) in [5.41, 5.74) is 8.90. The molecule has 0 aliphatic heterocycles. The largest absolute Gasteiger partial charge is 0.398 e. The van der Waals surface area contributed by atoms with Crippen molar-refractivity contribution in [2.24, 2.45) is 5.92 Å². The summed E-state index contributed by atoms with van der Waals surface area (Å²) in [4.78, 5) is 11.9. The zero-order chi connectivity index (χ0) is 14.0. The van der Waals surface area contributed by atoms with Crippen LogP contribution >= 0.6 is 0 Å². The first-order chi connectivity index (χ1) is 8.99. The van der Waals surface area contributed by atoms with Gasteiger partial charge in [0.15, 0.2) is 0 Å². The highest BCUT2D eigenvalue weighted by Crippen LogP contribution is 2.17. The molecule has 0 spiro atoms. The summed E-state index contributed by atoms with van der Waals surface area (Å²) < 4.78 is 6.97. The summed E-state index contributed by atoms with van der Waals surface area (Å²) in [5.74, 6) is 0.434. The van der Waals surface area contributed by atoms with Crippen LogP contribution in [0, 0.1) is 12.8 Å². The summed E-state index contributed by atoms with van der Waals surface area (Å²) in [7, 11) is 0. The Hall–Kier alpha value is -1.97. The zero-order valence-electron chi connectivity index (χ0n) is 11.6. The van der Waals surface area contributed by atoms with Crippen molar-refractivity contribution in [2.75, 3.05) is 5.73 Å². The molecule has 0 aliphatic rings. The Bertz CT molecular complexity index is 623. The van der Waals surface area contributed by atoms with Gasteiger partial charge in [0.2, 0.25) is 0 Å². The summed E-state index contributed by atoms with van der Waals surface area (Å²) >= 11 is 0. The van der Waals surface area contributed by atoms with Gasteiger partial charge in [0.25, 0.3) is 0 Å². The van der Waals surface area contributed by atoms with Crippen molar-refractivity contribution in [3.05, 3.63) is 51.5 Å². The Morgan fingerprint density at radius 2 is 2.00 bits per heavy atom. The fourth-order valence-corrected chi connectivity index (χ4v) is 2.11. The maximum atomic E-state index is 11.9. The summed E-state index contributed by atoms with van der Waals surface area (Å²) in [6.07, 6.45) is 0.520. The number of aromatic nitrogens is 1. The third-order valence-corrected chi connectivity index (χ3v) is 3.20. The number of nitrogens with two attached hydrogens (primary N) is 1. The normalized spacial score (nSPS) is 11.2. The second-order valence-corrected chi connectivity index (χ2v) is 5.27. The second kappa shape index (κ2) is 5.34. The highest BCUT2D eigenvalue weighted by atomic mass is 16.5. The predicted octanol–water partition coefficient (Wildman–Crippen LogP) is 2.58.